The van der Waals surface area contributed by atoms with Crippen LogP contribution in [0.1, 0.15) is 25.3 Å². The Morgan fingerprint density at radius 2 is 2.00 bits per heavy atom. The van der Waals surface area contributed by atoms with E-state index in [1.807, 2.05) is 18.2 Å². The quantitative estimate of drug-likeness (QED) is 0.708. The Hall–Kier alpha value is -0.530. The van der Waals surface area contributed by atoms with Crippen molar-refractivity contribution in [2.45, 2.75) is 26.4 Å². The molecule has 2 heteroatoms. The number of alkyl halides is 1. The molecule has 0 radical (unpaired) electrons. The van der Waals surface area contributed by atoms with E-state index in [0.717, 1.165) is 18.4 Å². The Balaban J connectivity index is 1.76. The first-order valence-electron chi connectivity index (χ1n) is 5.92. The van der Waals surface area contributed by atoms with Crippen molar-refractivity contribution in [1.82, 2.24) is 0 Å². The zero-order valence-corrected chi connectivity index (χ0v) is 10.5. The van der Waals surface area contributed by atoms with E-state index in [2.05, 4.69) is 19.1 Å². The highest BCUT2D eigenvalue weighted by Crippen LogP contribution is 2.46. The third-order valence-corrected chi connectivity index (χ3v) is 3.93. The van der Waals surface area contributed by atoms with E-state index in [4.69, 9.17) is 16.3 Å². The zero-order valence-electron chi connectivity index (χ0n) is 9.79. The lowest BCUT2D eigenvalue weighted by Gasteiger charge is -2.45. The van der Waals surface area contributed by atoms with Crippen LogP contribution in [-0.2, 0) is 11.3 Å². The Morgan fingerprint density at radius 1 is 1.31 bits per heavy atom. The fraction of sp³-hybridized carbons (Fsp3) is 0.571. The molecule has 0 unspecified atom stereocenters. The van der Waals surface area contributed by atoms with Gasteiger partial charge in [-0.25, -0.2) is 0 Å². The molecule has 1 aromatic rings. The number of rotatable bonds is 5. The molecule has 0 amide bonds. The summed E-state index contributed by atoms with van der Waals surface area (Å²) >= 11 is 6.03. The van der Waals surface area contributed by atoms with E-state index < -0.39 is 0 Å². The van der Waals surface area contributed by atoms with Gasteiger partial charge in [0.25, 0.3) is 0 Å². The van der Waals surface area contributed by atoms with Gasteiger partial charge < -0.3 is 4.74 Å². The second kappa shape index (κ2) is 5.20. The summed E-state index contributed by atoms with van der Waals surface area (Å²) in [7, 11) is 0. The first-order chi connectivity index (χ1) is 7.74. The molecule has 0 spiro atoms. The monoisotopic (exact) mass is 238 g/mol. The minimum Gasteiger partial charge on any atom is -0.376 e. The molecule has 0 N–H and O–H groups in total. The van der Waals surface area contributed by atoms with E-state index in [1.165, 1.54) is 18.4 Å². The van der Waals surface area contributed by atoms with Crippen LogP contribution in [0.4, 0.5) is 0 Å². The van der Waals surface area contributed by atoms with E-state index >= 15 is 0 Å². The van der Waals surface area contributed by atoms with Gasteiger partial charge in [0.05, 0.1) is 13.2 Å². The van der Waals surface area contributed by atoms with Gasteiger partial charge in [0.1, 0.15) is 0 Å². The van der Waals surface area contributed by atoms with Crippen molar-refractivity contribution in [2.24, 2.45) is 11.3 Å². The van der Waals surface area contributed by atoms with Gasteiger partial charge in [0.15, 0.2) is 0 Å². The summed E-state index contributed by atoms with van der Waals surface area (Å²) < 4.78 is 5.78. The van der Waals surface area contributed by atoms with E-state index in [9.17, 15) is 0 Å². The van der Waals surface area contributed by atoms with Gasteiger partial charge in [0.2, 0.25) is 0 Å². The summed E-state index contributed by atoms with van der Waals surface area (Å²) in [6, 6.07) is 10.3. The maximum Gasteiger partial charge on any atom is 0.0717 e. The summed E-state index contributed by atoms with van der Waals surface area (Å²) in [5.41, 5.74) is 1.50. The first-order valence-corrected chi connectivity index (χ1v) is 6.45. The van der Waals surface area contributed by atoms with Gasteiger partial charge in [-0.05, 0) is 24.3 Å². The van der Waals surface area contributed by atoms with E-state index in [-0.39, 0.29) is 5.41 Å². The second-order valence-electron chi connectivity index (χ2n) is 5.13. The molecule has 0 heterocycles. The van der Waals surface area contributed by atoms with Gasteiger partial charge in [0, 0.05) is 11.3 Å². The highest BCUT2D eigenvalue weighted by Gasteiger charge is 2.41. The average Bonchev–Trinajstić information content (AvgIpc) is 2.27. The van der Waals surface area contributed by atoms with Gasteiger partial charge >= 0.3 is 0 Å². The normalized spacial score (nSPS) is 28.8. The SMILES string of the molecule is CC1CC(CCl)(COCc2ccccc2)C1. The highest BCUT2D eigenvalue weighted by atomic mass is 35.5. The lowest BCUT2D eigenvalue weighted by Crippen LogP contribution is -2.41. The fourth-order valence-electron chi connectivity index (χ4n) is 2.64. The van der Waals surface area contributed by atoms with Crippen LogP contribution < -0.4 is 0 Å². The molecular formula is C14H19ClO. The molecule has 0 aliphatic heterocycles. The van der Waals surface area contributed by atoms with Gasteiger partial charge in [-0.1, -0.05) is 37.3 Å². The molecule has 1 fully saturated rings. The Kier molecular flexibility index (Phi) is 3.88. The second-order valence-corrected chi connectivity index (χ2v) is 5.39. The van der Waals surface area contributed by atoms with Gasteiger partial charge in [-0.2, -0.15) is 0 Å². The van der Waals surface area contributed by atoms with Crippen molar-refractivity contribution in [1.29, 1.82) is 0 Å². The molecule has 88 valence electrons. The number of ether oxygens (including phenoxy) is 1. The van der Waals surface area contributed by atoms with Crippen molar-refractivity contribution < 1.29 is 4.74 Å². The van der Waals surface area contributed by atoms with Crippen molar-refractivity contribution >= 4 is 11.6 Å². The third kappa shape index (κ3) is 2.78. The lowest BCUT2D eigenvalue weighted by molar-refractivity contribution is -0.0259. The molecular weight excluding hydrogens is 220 g/mol. The summed E-state index contributed by atoms with van der Waals surface area (Å²) in [5.74, 6) is 1.55. The molecule has 0 saturated heterocycles. The number of hydrogen-bond donors (Lipinski definition) is 0. The molecule has 1 nitrogen and oxygen atoms in total. The molecule has 0 aromatic heterocycles. The Morgan fingerprint density at radius 3 is 2.56 bits per heavy atom. The van der Waals surface area contributed by atoms with Crippen molar-refractivity contribution in [2.75, 3.05) is 12.5 Å². The summed E-state index contributed by atoms with van der Waals surface area (Å²) in [6.07, 6.45) is 2.43. The largest absolute Gasteiger partial charge is 0.376 e. The van der Waals surface area contributed by atoms with Crippen LogP contribution in [0.5, 0.6) is 0 Å². The van der Waals surface area contributed by atoms with Gasteiger partial charge in [-0.15, -0.1) is 11.6 Å². The van der Waals surface area contributed by atoms with Gasteiger partial charge in [-0.3, -0.25) is 0 Å². The topological polar surface area (TPSA) is 9.23 Å². The molecule has 0 bridgehead atoms. The molecule has 1 aromatic carbocycles. The smallest absolute Gasteiger partial charge is 0.0717 e. The third-order valence-electron chi connectivity index (χ3n) is 3.37. The predicted octanol–water partition coefficient (Wildman–Crippen LogP) is 3.86. The van der Waals surface area contributed by atoms with Crippen molar-refractivity contribution in [3.05, 3.63) is 35.9 Å². The van der Waals surface area contributed by atoms with Crippen LogP contribution in [0, 0.1) is 11.3 Å². The van der Waals surface area contributed by atoms with E-state index in [0.29, 0.717) is 6.61 Å². The van der Waals surface area contributed by atoms with E-state index in [1.54, 1.807) is 0 Å². The fourth-order valence-corrected chi connectivity index (χ4v) is 2.94. The van der Waals surface area contributed by atoms with Crippen LogP contribution >= 0.6 is 11.6 Å². The molecule has 1 aliphatic rings. The lowest BCUT2D eigenvalue weighted by atomic mass is 9.64. The van der Waals surface area contributed by atoms with Crippen LogP contribution in [-0.4, -0.2) is 12.5 Å². The zero-order chi connectivity index (χ0) is 11.4. The summed E-state index contributed by atoms with van der Waals surface area (Å²) in [4.78, 5) is 0. The first kappa shape index (κ1) is 11.9. The van der Waals surface area contributed by atoms with Crippen LogP contribution in [0.2, 0.25) is 0 Å². The average molecular weight is 239 g/mol. The summed E-state index contributed by atoms with van der Waals surface area (Å²) in [5, 5.41) is 0. The molecule has 2 rings (SSSR count). The van der Waals surface area contributed by atoms with Crippen molar-refractivity contribution in [3.63, 3.8) is 0 Å². The van der Waals surface area contributed by atoms with Crippen molar-refractivity contribution in [3.8, 4) is 0 Å². The Labute approximate surface area is 103 Å². The van der Waals surface area contributed by atoms with Crippen LogP contribution in [0.3, 0.4) is 0 Å². The minimum absolute atomic E-state index is 0.260. The standard InChI is InChI=1S/C14H19ClO/c1-12-7-14(8-12,10-15)11-16-9-13-5-3-2-4-6-13/h2-6,12H,7-11H2,1H3. The summed E-state index contributed by atoms with van der Waals surface area (Å²) in [6.45, 7) is 3.78. The number of benzene rings is 1. The minimum atomic E-state index is 0.260. The Bertz CT molecular complexity index is 317. The number of hydrogen-bond acceptors (Lipinski definition) is 1. The van der Waals surface area contributed by atoms with Crippen LogP contribution in [0.15, 0.2) is 30.3 Å². The molecule has 1 aliphatic carbocycles. The maximum absolute atomic E-state index is 6.03. The molecule has 0 atom stereocenters. The maximum atomic E-state index is 6.03. The molecule has 16 heavy (non-hydrogen) atoms. The van der Waals surface area contributed by atoms with Crippen LogP contribution in [0.25, 0.3) is 0 Å². The highest BCUT2D eigenvalue weighted by molar-refractivity contribution is 6.18. The number of halogens is 1. The molecule has 1 saturated carbocycles. The predicted molar refractivity (Wildman–Crippen MR) is 67.6 cm³/mol.